The Morgan fingerprint density at radius 3 is 1.81 bits per heavy atom. The molecule has 0 spiro atoms. The zero-order valence-electron chi connectivity index (χ0n) is 25.6. The molecule has 1 aromatic heterocycles. The van der Waals surface area contributed by atoms with Crippen LogP contribution in [-0.4, -0.2) is 174 Å². The van der Waals surface area contributed by atoms with Crippen LogP contribution in [0.3, 0.4) is 0 Å². The summed E-state index contributed by atoms with van der Waals surface area (Å²) in [7, 11) is 0. The van der Waals surface area contributed by atoms with E-state index in [1.54, 1.807) is 6.20 Å². The minimum Gasteiger partial charge on any atom is -0.397 e. The van der Waals surface area contributed by atoms with Gasteiger partial charge in [-0.15, -0.1) is 0 Å². The van der Waals surface area contributed by atoms with Crippen LogP contribution in [0.2, 0.25) is 0 Å². The number of halogens is 1. The number of pyridine rings is 1. The molecule has 0 aromatic carbocycles. The zero-order chi connectivity index (χ0) is 29.4. The van der Waals surface area contributed by atoms with Gasteiger partial charge in [0.2, 0.25) is 0 Å². The van der Waals surface area contributed by atoms with Crippen LogP contribution in [0.4, 0.5) is 21.7 Å². The van der Waals surface area contributed by atoms with Crippen molar-refractivity contribution < 1.29 is 14.6 Å². The highest BCUT2D eigenvalue weighted by Gasteiger charge is 2.24. The fourth-order valence-electron chi connectivity index (χ4n) is 6.17. The van der Waals surface area contributed by atoms with Crippen LogP contribution in [0, 0.1) is 0 Å². The second kappa shape index (κ2) is 18.7. The number of piperazine rings is 2. The fraction of sp³-hybridized carbons (Fsp3) is 0.828. The molecule has 4 heterocycles. The minimum absolute atomic E-state index is 0.163. The van der Waals surface area contributed by atoms with Crippen LogP contribution in [-0.2, 0) is 4.94 Å². The molecule has 0 atom stereocenters. The van der Waals surface area contributed by atoms with Crippen molar-refractivity contribution >= 4 is 17.2 Å². The van der Waals surface area contributed by atoms with E-state index in [0.29, 0.717) is 12.2 Å². The lowest BCUT2D eigenvalue weighted by atomic mass is 10.2. The number of aromatic nitrogens is 1. The first-order valence-corrected chi connectivity index (χ1v) is 16.1. The Labute approximate surface area is 251 Å². The predicted molar refractivity (Wildman–Crippen MR) is 168 cm³/mol. The van der Waals surface area contributed by atoms with Crippen molar-refractivity contribution in [3.63, 3.8) is 0 Å². The van der Waals surface area contributed by atoms with Gasteiger partial charge in [-0.3, -0.25) is 9.80 Å². The van der Waals surface area contributed by atoms with Crippen molar-refractivity contribution in [3.8, 4) is 0 Å². The number of anilines is 3. The van der Waals surface area contributed by atoms with E-state index in [1.807, 2.05) is 0 Å². The number of aliphatic hydroxyl groups is 1. The lowest BCUT2D eigenvalue weighted by molar-refractivity contribution is -0.137. The fourth-order valence-corrected chi connectivity index (χ4v) is 6.17. The number of β-amino-alcohol motifs (C(OH)–C–C–N with tert-alkyl or cyclic N) is 1. The molecule has 240 valence electrons. The second-order valence-electron chi connectivity index (χ2n) is 11.7. The molecule has 2 saturated heterocycles. The van der Waals surface area contributed by atoms with E-state index in [1.165, 1.54) is 0 Å². The maximum atomic E-state index is 11.9. The summed E-state index contributed by atoms with van der Waals surface area (Å²) in [5.74, 6) is 1.04. The number of fused-ring (bicyclic) bond motifs is 1. The van der Waals surface area contributed by atoms with Gasteiger partial charge in [-0.2, -0.15) is 4.94 Å². The number of nitrogens with one attached hydrogen (secondary N) is 2. The number of hydrogen-bond donors (Lipinski definition) is 4. The maximum Gasteiger partial charge on any atom is 0.152 e. The Bertz CT molecular complexity index is 871. The second-order valence-corrected chi connectivity index (χ2v) is 11.7. The highest BCUT2D eigenvalue weighted by atomic mass is 19.3. The summed E-state index contributed by atoms with van der Waals surface area (Å²) in [6.45, 7) is 20.2. The molecule has 3 aliphatic heterocycles. The molecule has 0 radical (unpaired) electrons. The third kappa shape index (κ3) is 11.0. The van der Waals surface area contributed by atoms with Gasteiger partial charge in [-0.1, -0.05) is 0 Å². The number of rotatable bonds is 19. The first kappa shape index (κ1) is 33.1. The number of nitrogen functional groups attached to an aromatic ring is 1. The molecule has 2 fully saturated rings. The molecule has 1 aromatic rings. The Balaban J connectivity index is 1.07. The molecular weight excluding hydrogens is 539 g/mol. The molecule has 0 amide bonds. The van der Waals surface area contributed by atoms with Crippen LogP contribution in [0.1, 0.15) is 12.8 Å². The van der Waals surface area contributed by atoms with Crippen molar-refractivity contribution in [2.24, 2.45) is 0 Å². The summed E-state index contributed by atoms with van der Waals surface area (Å²) in [6, 6.07) is 2.07. The summed E-state index contributed by atoms with van der Waals surface area (Å²) in [5, 5.41) is 16.4. The molecule has 12 nitrogen and oxygen atoms in total. The molecule has 0 bridgehead atoms. The number of hydrogen-bond acceptors (Lipinski definition) is 12. The van der Waals surface area contributed by atoms with Gasteiger partial charge in [0.1, 0.15) is 6.61 Å². The Morgan fingerprint density at radius 1 is 0.714 bits per heavy atom. The van der Waals surface area contributed by atoms with Crippen molar-refractivity contribution in [2.45, 2.75) is 12.8 Å². The SMILES string of the molecule is Nc1cnc2c(c1)N(CCNCCCN1CCN(CCO)CC1)CCN2CCNCCCN1CCN(CCOF)CC1. The van der Waals surface area contributed by atoms with Crippen LogP contribution < -0.4 is 26.2 Å². The summed E-state index contributed by atoms with van der Waals surface area (Å²) in [6.07, 6.45) is 4.05. The van der Waals surface area contributed by atoms with Crippen molar-refractivity contribution in [1.82, 2.24) is 35.2 Å². The topological polar surface area (TPSA) is 112 Å². The smallest absolute Gasteiger partial charge is 0.152 e. The lowest BCUT2D eigenvalue weighted by Gasteiger charge is -2.38. The lowest BCUT2D eigenvalue weighted by Crippen LogP contribution is -2.48. The van der Waals surface area contributed by atoms with Gasteiger partial charge < -0.3 is 41.1 Å². The Hall–Kier alpha value is -1.84. The average Bonchev–Trinajstić information content (AvgIpc) is 3.01. The van der Waals surface area contributed by atoms with E-state index in [2.05, 4.69) is 51.0 Å². The summed E-state index contributed by atoms with van der Waals surface area (Å²) in [4.78, 5) is 22.9. The quantitative estimate of drug-likeness (QED) is 0.153. The van der Waals surface area contributed by atoms with Gasteiger partial charge in [0, 0.05) is 105 Å². The largest absolute Gasteiger partial charge is 0.397 e. The van der Waals surface area contributed by atoms with Crippen molar-refractivity contribution in [1.29, 1.82) is 0 Å². The number of nitrogens with two attached hydrogens (primary N) is 1. The third-order valence-electron chi connectivity index (χ3n) is 8.75. The van der Waals surface area contributed by atoms with Gasteiger partial charge in [0.15, 0.2) is 5.82 Å². The van der Waals surface area contributed by atoms with Crippen LogP contribution in [0.25, 0.3) is 0 Å². The number of aliphatic hydroxyl groups excluding tert-OH is 1. The summed E-state index contributed by atoms with van der Waals surface area (Å²) >= 11 is 0. The first-order valence-electron chi connectivity index (χ1n) is 16.1. The van der Waals surface area contributed by atoms with Crippen molar-refractivity contribution in [3.05, 3.63) is 12.3 Å². The van der Waals surface area contributed by atoms with E-state index < -0.39 is 0 Å². The Kier molecular flexibility index (Phi) is 14.8. The Morgan fingerprint density at radius 2 is 1.24 bits per heavy atom. The van der Waals surface area contributed by atoms with Gasteiger partial charge in [-0.25, -0.2) is 4.98 Å². The van der Waals surface area contributed by atoms with Crippen LogP contribution in [0.15, 0.2) is 12.3 Å². The number of nitrogens with zero attached hydrogens (tertiary/aromatic N) is 7. The van der Waals surface area contributed by atoms with E-state index in [0.717, 1.165) is 149 Å². The molecule has 3 aliphatic rings. The van der Waals surface area contributed by atoms with Crippen molar-refractivity contribution in [2.75, 3.05) is 160 Å². The molecule has 42 heavy (non-hydrogen) atoms. The molecule has 13 heteroatoms. The average molecular weight is 595 g/mol. The summed E-state index contributed by atoms with van der Waals surface area (Å²) < 4.78 is 11.9. The van der Waals surface area contributed by atoms with Crippen LogP contribution in [0.5, 0.6) is 0 Å². The monoisotopic (exact) mass is 594 g/mol. The van der Waals surface area contributed by atoms with Crippen LogP contribution >= 0.6 is 0 Å². The molecule has 4 rings (SSSR count). The first-order chi connectivity index (χ1) is 20.7. The minimum atomic E-state index is 0.163. The van der Waals surface area contributed by atoms with E-state index in [4.69, 9.17) is 15.8 Å². The normalized spacial score (nSPS) is 19.5. The molecule has 0 saturated carbocycles. The van der Waals surface area contributed by atoms with E-state index >= 15 is 0 Å². The summed E-state index contributed by atoms with van der Waals surface area (Å²) in [5.41, 5.74) is 7.99. The van der Waals surface area contributed by atoms with E-state index in [-0.39, 0.29) is 13.2 Å². The zero-order valence-corrected chi connectivity index (χ0v) is 25.6. The predicted octanol–water partition coefficient (Wildman–Crippen LogP) is -0.622. The highest BCUT2D eigenvalue weighted by Crippen LogP contribution is 2.32. The van der Waals surface area contributed by atoms with E-state index in [9.17, 15) is 4.53 Å². The molecule has 0 unspecified atom stereocenters. The third-order valence-corrected chi connectivity index (χ3v) is 8.75. The highest BCUT2D eigenvalue weighted by molar-refractivity contribution is 5.72. The van der Waals surface area contributed by atoms with Gasteiger partial charge in [-0.05, 0) is 49.6 Å². The standard InChI is InChI=1S/C29H55FN10O2/c30-42-24-22-38-17-13-36(14-18-38)8-2-4-33-6-10-40-20-19-39(28-25-27(31)26-34-29(28)40)9-5-32-3-1-7-35-11-15-37(16-12-35)21-23-41/h25-26,32-33,41H,1-24,31H2. The van der Waals surface area contributed by atoms with Gasteiger partial charge >= 0.3 is 0 Å². The molecule has 0 aliphatic carbocycles. The maximum absolute atomic E-state index is 11.9. The van der Waals surface area contributed by atoms with Gasteiger partial charge in [0.25, 0.3) is 0 Å². The van der Waals surface area contributed by atoms with Gasteiger partial charge in [0.05, 0.1) is 24.2 Å². The molecular formula is C29H55FN10O2. The molecule has 5 N–H and O–H groups in total.